The van der Waals surface area contributed by atoms with E-state index in [4.69, 9.17) is 26.8 Å². The standard InChI is InChI=1S/C28H27ClFN7O3S/c1-12-18(32)5-6-37(12)26-34-8-14-15-10-39-11-16(15)19(21(30)22(14)35-26)23-20-13(7-31)25(36-27(38)40-28(2,3)4)41-24(20)17(29)9-33-23/h8-9,12,18H,5-6,10-11,32H2,1-4H3,(H,36,38)/t12-,18-/m0/s1. The average Bonchev–Trinajstić information content (AvgIpc) is 3.62. The van der Waals surface area contributed by atoms with Crippen LogP contribution >= 0.6 is 22.9 Å². The number of halogens is 2. The number of amides is 1. The topological polar surface area (TPSA) is 139 Å². The summed E-state index contributed by atoms with van der Waals surface area (Å²) in [6, 6.07) is 2.13. The predicted molar refractivity (Wildman–Crippen MR) is 156 cm³/mol. The van der Waals surface area contributed by atoms with Gasteiger partial charge in [-0.1, -0.05) is 11.6 Å². The zero-order valence-electron chi connectivity index (χ0n) is 22.8. The van der Waals surface area contributed by atoms with E-state index < -0.39 is 17.5 Å². The van der Waals surface area contributed by atoms with Gasteiger partial charge in [-0.2, -0.15) is 5.26 Å². The molecule has 1 amide bonds. The number of anilines is 2. The Hall–Kier alpha value is -3.63. The Labute approximate surface area is 244 Å². The smallest absolute Gasteiger partial charge is 0.412 e. The molecular weight excluding hydrogens is 569 g/mol. The van der Waals surface area contributed by atoms with Gasteiger partial charge in [0, 0.05) is 47.4 Å². The fourth-order valence-electron chi connectivity index (χ4n) is 5.39. The second kappa shape index (κ2) is 10.0. The second-order valence-electron chi connectivity index (χ2n) is 11.2. The van der Waals surface area contributed by atoms with Crippen molar-refractivity contribution in [2.45, 2.75) is 65.0 Å². The molecule has 0 aliphatic carbocycles. The SMILES string of the molecule is C[C@H]1[C@@H](N)CCN1c1ncc2c3c(c(-c4ncc(Cl)c5sc(NC(=O)OC(C)(C)C)c(C#N)c45)c(F)c2n1)COC3. The van der Waals surface area contributed by atoms with E-state index >= 15 is 4.39 Å². The number of pyridine rings is 1. The molecule has 3 N–H and O–H groups in total. The molecule has 5 heterocycles. The first-order chi connectivity index (χ1) is 19.5. The number of aromatic nitrogens is 3. The second-order valence-corrected chi connectivity index (χ2v) is 12.6. The van der Waals surface area contributed by atoms with Crippen molar-refractivity contribution in [2.75, 3.05) is 16.8 Å². The van der Waals surface area contributed by atoms with Crippen LogP contribution in [0.2, 0.25) is 5.02 Å². The zero-order valence-corrected chi connectivity index (χ0v) is 24.4. The van der Waals surface area contributed by atoms with Crippen LogP contribution in [0.25, 0.3) is 32.2 Å². The van der Waals surface area contributed by atoms with Crippen molar-refractivity contribution >= 4 is 61.0 Å². The highest BCUT2D eigenvalue weighted by Gasteiger charge is 2.33. The third-order valence-electron chi connectivity index (χ3n) is 7.39. The number of nitrogens with one attached hydrogen (secondary N) is 1. The fraction of sp³-hybridized carbons (Fsp3) is 0.393. The first-order valence-electron chi connectivity index (χ1n) is 13.1. The fourth-order valence-corrected chi connectivity index (χ4v) is 6.68. The average molecular weight is 596 g/mol. The summed E-state index contributed by atoms with van der Waals surface area (Å²) in [4.78, 5) is 28.3. The Morgan fingerprint density at radius 1 is 1.32 bits per heavy atom. The quantitative estimate of drug-likeness (QED) is 0.297. The molecule has 13 heteroatoms. The van der Waals surface area contributed by atoms with Crippen molar-refractivity contribution in [3.63, 3.8) is 0 Å². The molecule has 2 aliphatic heterocycles. The lowest BCUT2D eigenvalue weighted by Crippen LogP contribution is -2.37. The summed E-state index contributed by atoms with van der Waals surface area (Å²) in [5, 5.41) is 14.2. The maximum atomic E-state index is 16.7. The van der Waals surface area contributed by atoms with Crippen molar-refractivity contribution < 1.29 is 18.7 Å². The molecule has 2 atom stereocenters. The van der Waals surface area contributed by atoms with Crippen LogP contribution in [0.1, 0.15) is 50.8 Å². The number of carbonyl (C=O) groups is 1. The number of hydrogen-bond acceptors (Lipinski definition) is 10. The minimum absolute atomic E-state index is 0.00480. The van der Waals surface area contributed by atoms with Gasteiger partial charge in [0.15, 0.2) is 5.82 Å². The monoisotopic (exact) mass is 595 g/mol. The maximum Gasteiger partial charge on any atom is 0.412 e. The summed E-state index contributed by atoms with van der Waals surface area (Å²) >= 11 is 7.61. The molecule has 0 spiro atoms. The molecule has 212 valence electrons. The highest BCUT2D eigenvalue weighted by molar-refractivity contribution is 7.24. The molecule has 1 saturated heterocycles. The van der Waals surface area contributed by atoms with Gasteiger partial charge in [0.2, 0.25) is 5.95 Å². The Kier molecular flexibility index (Phi) is 6.73. The molecule has 1 aromatic carbocycles. The van der Waals surface area contributed by atoms with Gasteiger partial charge in [-0.3, -0.25) is 10.3 Å². The number of ether oxygens (including phenoxy) is 2. The number of hydrogen-bond donors (Lipinski definition) is 2. The van der Waals surface area contributed by atoms with Gasteiger partial charge in [0.05, 0.1) is 34.2 Å². The van der Waals surface area contributed by atoms with E-state index in [1.54, 1.807) is 27.0 Å². The number of carbonyl (C=O) groups excluding carboxylic acids is 1. The minimum atomic E-state index is -0.745. The summed E-state index contributed by atoms with van der Waals surface area (Å²) in [5.74, 6) is -0.204. The largest absolute Gasteiger partial charge is 0.444 e. The number of nitrogens with zero attached hydrogens (tertiary/aromatic N) is 5. The maximum absolute atomic E-state index is 16.7. The lowest BCUT2D eigenvalue weighted by molar-refractivity contribution is 0.0636. The number of nitrogens with two attached hydrogens (primary N) is 1. The van der Waals surface area contributed by atoms with Crippen LogP contribution in [0.3, 0.4) is 0 Å². The molecule has 0 bridgehead atoms. The van der Waals surface area contributed by atoms with Crippen molar-refractivity contribution in [1.29, 1.82) is 5.26 Å². The van der Waals surface area contributed by atoms with Gasteiger partial charge >= 0.3 is 6.09 Å². The number of fused-ring (bicyclic) bond motifs is 4. The van der Waals surface area contributed by atoms with Crippen LogP contribution < -0.4 is 16.0 Å². The summed E-state index contributed by atoms with van der Waals surface area (Å²) < 4.78 is 28.3. The highest BCUT2D eigenvalue weighted by Crippen LogP contribution is 2.47. The highest BCUT2D eigenvalue weighted by atomic mass is 35.5. The summed E-state index contributed by atoms with van der Waals surface area (Å²) in [7, 11) is 0. The Balaban J connectivity index is 1.56. The molecule has 41 heavy (non-hydrogen) atoms. The lowest BCUT2D eigenvalue weighted by atomic mass is 9.94. The van der Waals surface area contributed by atoms with E-state index in [9.17, 15) is 10.1 Å². The lowest BCUT2D eigenvalue weighted by Gasteiger charge is -2.23. The third-order valence-corrected chi connectivity index (χ3v) is 8.93. The minimum Gasteiger partial charge on any atom is -0.444 e. The first-order valence-corrected chi connectivity index (χ1v) is 14.3. The van der Waals surface area contributed by atoms with E-state index in [1.165, 1.54) is 6.20 Å². The van der Waals surface area contributed by atoms with Gasteiger partial charge in [-0.05, 0) is 45.2 Å². The zero-order chi connectivity index (χ0) is 29.2. The summed E-state index contributed by atoms with van der Waals surface area (Å²) in [6.45, 7) is 8.29. The van der Waals surface area contributed by atoms with Gasteiger partial charge in [0.25, 0.3) is 0 Å². The van der Waals surface area contributed by atoms with Crippen LogP contribution in [0, 0.1) is 17.1 Å². The molecule has 0 radical (unpaired) electrons. The van der Waals surface area contributed by atoms with E-state index in [0.29, 0.717) is 33.5 Å². The van der Waals surface area contributed by atoms with Gasteiger partial charge in [-0.15, -0.1) is 11.3 Å². The molecule has 2 aliphatic rings. The number of rotatable bonds is 3. The molecule has 1 fully saturated rings. The predicted octanol–water partition coefficient (Wildman–Crippen LogP) is 5.87. The van der Waals surface area contributed by atoms with E-state index in [-0.39, 0.29) is 57.7 Å². The molecule has 6 rings (SSSR count). The molecule has 3 aromatic heterocycles. The van der Waals surface area contributed by atoms with E-state index in [0.717, 1.165) is 23.3 Å². The third kappa shape index (κ3) is 4.63. The van der Waals surface area contributed by atoms with Crippen LogP contribution in [-0.4, -0.2) is 45.3 Å². The van der Waals surface area contributed by atoms with Crippen LogP contribution in [0.5, 0.6) is 0 Å². The van der Waals surface area contributed by atoms with Crippen molar-refractivity contribution in [2.24, 2.45) is 5.73 Å². The normalized spacial score (nSPS) is 18.6. The summed E-state index contributed by atoms with van der Waals surface area (Å²) in [6.07, 6.45) is 3.11. The van der Waals surface area contributed by atoms with Gasteiger partial charge in [0.1, 0.15) is 22.2 Å². The van der Waals surface area contributed by atoms with E-state index in [1.807, 2.05) is 11.8 Å². The molecule has 0 saturated carbocycles. The number of thiophene rings is 1. The van der Waals surface area contributed by atoms with Crippen molar-refractivity contribution in [3.05, 3.63) is 39.9 Å². The van der Waals surface area contributed by atoms with Crippen molar-refractivity contribution in [3.8, 4) is 17.3 Å². The van der Waals surface area contributed by atoms with Crippen LogP contribution in [0.15, 0.2) is 12.4 Å². The first kappa shape index (κ1) is 27.5. The molecule has 4 aromatic rings. The number of nitriles is 1. The van der Waals surface area contributed by atoms with E-state index in [2.05, 4.69) is 26.3 Å². The molecule has 10 nitrogen and oxygen atoms in total. The van der Waals surface area contributed by atoms with Gasteiger partial charge < -0.3 is 20.1 Å². The number of benzene rings is 1. The Bertz CT molecular complexity index is 1780. The Morgan fingerprint density at radius 3 is 2.76 bits per heavy atom. The van der Waals surface area contributed by atoms with Gasteiger partial charge in [-0.25, -0.2) is 19.2 Å². The van der Waals surface area contributed by atoms with Crippen LogP contribution in [0.4, 0.5) is 20.1 Å². The Morgan fingerprint density at radius 2 is 2.07 bits per heavy atom. The summed E-state index contributed by atoms with van der Waals surface area (Å²) in [5.41, 5.74) is 7.47. The molecular formula is C28H27ClFN7O3S. The van der Waals surface area contributed by atoms with Crippen LogP contribution in [-0.2, 0) is 22.7 Å². The molecule has 0 unspecified atom stereocenters. The van der Waals surface area contributed by atoms with Crippen molar-refractivity contribution in [1.82, 2.24) is 15.0 Å².